The summed E-state index contributed by atoms with van der Waals surface area (Å²) in [4.78, 5) is 16.0. The first-order valence-corrected chi connectivity index (χ1v) is 6.68. The van der Waals surface area contributed by atoms with Crippen molar-refractivity contribution in [3.8, 4) is 0 Å². The number of halogens is 1. The Balaban J connectivity index is 1.90. The maximum Gasteiger partial charge on any atom is 0.226 e. The molecule has 0 spiro atoms. The van der Waals surface area contributed by atoms with Crippen molar-refractivity contribution in [2.45, 2.75) is 26.7 Å². The van der Waals surface area contributed by atoms with Crippen molar-refractivity contribution in [2.75, 3.05) is 5.32 Å². The van der Waals surface area contributed by atoms with Crippen LogP contribution in [0.5, 0.6) is 0 Å². The number of amides is 1. The number of hydrogen-bond donors (Lipinski definition) is 1. The zero-order valence-electron chi connectivity index (χ0n) is 10.7. The van der Waals surface area contributed by atoms with Gasteiger partial charge in [-0.1, -0.05) is 5.16 Å². The van der Waals surface area contributed by atoms with Gasteiger partial charge >= 0.3 is 0 Å². The lowest BCUT2D eigenvalue weighted by Crippen LogP contribution is -2.13. The Kier molecular flexibility index (Phi) is 4.31. The van der Waals surface area contributed by atoms with Crippen molar-refractivity contribution in [3.05, 3.63) is 39.8 Å². The summed E-state index contributed by atoms with van der Waals surface area (Å²) in [6.45, 7) is 3.79. The monoisotopic (exact) mass is 323 g/mol. The molecule has 1 amide bonds. The number of anilines is 1. The highest BCUT2D eigenvalue weighted by atomic mass is 79.9. The van der Waals surface area contributed by atoms with E-state index in [1.54, 1.807) is 6.20 Å². The SMILES string of the molecule is Cc1cnc(NC(=O)CCc2cc(C)no2)c(Br)c1. The van der Waals surface area contributed by atoms with Gasteiger partial charge in [-0.2, -0.15) is 0 Å². The maximum absolute atomic E-state index is 11.8. The van der Waals surface area contributed by atoms with Crippen LogP contribution in [-0.2, 0) is 11.2 Å². The van der Waals surface area contributed by atoms with Crippen molar-refractivity contribution in [3.63, 3.8) is 0 Å². The van der Waals surface area contributed by atoms with Gasteiger partial charge in [0.2, 0.25) is 5.91 Å². The standard InChI is InChI=1S/C13H14BrN3O2/c1-8-5-11(14)13(15-7-8)16-12(18)4-3-10-6-9(2)17-19-10/h5-7H,3-4H2,1-2H3,(H,15,16,18). The number of aryl methyl sites for hydroxylation is 3. The molecule has 0 saturated carbocycles. The van der Waals surface area contributed by atoms with Gasteiger partial charge in [0.05, 0.1) is 10.2 Å². The van der Waals surface area contributed by atoms with Gasteiger partial charge < -0.3 is 9.84 Å². The normalized spacial score (nSPS) is 10.5. The van der Waals surface area contributed by atoms with E-state index in [2.05, 4.69) is 31.4 Å². The molecule has 2 rings (SSSR count). The smallest absolute Gasteiger partial charge is 0.226 e. The topological polar surface area (TPSA) is 68.0 Å². The number of hydrogen-bond acceptors (Lipinski definition) is 4. The lowest BCUT2D eigenvalue weighted by molar-refractivity contribution is -0.116. The lowest BCUT2D eigenvalue weighted by atomic mass is 10.2. The van der Waals surface area contributed by atoms with E-state index in [4.69, 9.17) is 4.52 Å². The van der Waals surface area contributed by atoms with Crippen molar-refractivity contribution in [2.24, 2.45) is 0 Å². The van der Waals surface area contributed by atoms with Crippen LogP contribution in [0.25, 0.3) is 0 Å². The number of carbonyl (C=O) groups excluding carboxylic acids is 1. The van der Waals surface area contributed by atoms with Gasteiger partial charge in [0.25, 0.3) is 0 Å². The Morgan fingerprint density at radius 3 is 2.84 bits per heavy atom. The molecule has 0 radical (unpaired) electrons. The second-order valence-corrected chi connectivity index (χ2v) is 5.18. The molecular formula is C13H14BrN3O2. The molecule has 0 aliphatic carbocycles. The summed E-state index contributed by atoms with van der Waals surface area (Å²) in [5.74, 6) is 1.14. The van der Waals surface area contributed by atoms with Crippen LogP contribution in [0, 0.1) is 13.8 Å². The van der Waals surface area contributed by atoms with Crippen molar-refractivity contribution in [1.82, 2.24) is 10.1 Å². The molecule has 0 unspecified atom stereocenters. The third-order valence-electron chi connectivity index (χ3n) is 2.51. The molecule has 1 N–H and O–H groups in total. The van der Waals surface area contributed by atoms with Crippen LogP contribution in [-0.4, -0.2) is 16.0 Å². The summed E-state index contributed by atoms with van der Waals surface area (Å²) in [7, 11) is 0. The highest BCUT2D eigenvalue weighted by Crippen LogP contribution is 2.20. The molecular weight excluding hydrogens is 310 g/mol. The van der Waals surface area contributed by atoms with Crippen LogP contribution in [0.15, 0.2) is 27.3 Å². The van der Waals surface area contributed by atoms with E-state index in [0.717, 1.165) is 15.7 Å². The Bertz CT molecular complexity index is 595. The third-order valence-corrected chi connectivity index (χ3v) is 3.12. The molecule has 0 aliphatic heterocycles. The fraction of sp³-hybridized carbons (Fsp3) is 0.308. The van der Waals surface area contributed by atoms with E-state index in [-0.39, 0.29) is 5.91 Å². The van der Waals surface area contributed by atoms with E-state index in [1.807, 2.05) is 26.0 Å². The molecule has 19 heavy (non-hydrogen) atoms. The molecule has 0 aliphatic rings. The number of rotatable bonds is 4. The largest absolute Gasteiger partial charge is 0.361 e. The molecule has 2 aromatic rings. The Morgan fingerprint density at radius 1 is 1.42 bits per heavy atom. The zero-order valence-corrected chi connectivity index (χ0v) is 12.3. The molecule has 2 heterocycles. The van der Waals surface area contributed by atoms with Crippen molar-refractivity contribution < 1.29 is 9.32 Å². The second kappa shape index (κ2) is 5.97. The van der Waals surface area contributed by atoms with Gasteiger partial charge in [0, 0.05) is 25.1 Å². The number of nitrogens with zero attached hydrogens (tertiary/aromatic N) is 2. The van der Waals surface area contributed by atoms with E-state index in [9.17, 15) is 4.79 Å². The van der Waals surface area contributed by atoms with Crippen molar-refractivity contribution in [1.29, 1.82) is 0 Å². The Labute approximate surface area is 119 Å². The first kappa shape index (κ1) is 13.7. The van der Waals surface area contributed by atoms with E-state index < -0.39 is 0 Å². The van der Waals surface area contributed by atoms with Gasteiger partial charge in [-0.25, -0.2) is 4.98 Å². The summed E-state index contributed by atoms with van der Waals surface area (Å²) in [5, 5.41) is 6.53. The molecule has 0 bridgehead atoms. The molecule has 0 saturated heterocycles. The summed E-state index contributed by atoms with van der Waals surface area (Å²) < 4.78 is 5.82. The zero-order chi connectivity index (χ0) is 13.8. The number of pyridine rings is 1. The average Bonchev–Trinajstić information content (AvgIpc) is 2.76. The van der Waals surface area contributed by atoms with E-state index >= 15 is 0 Å². The van der Waals surface area contributed by atoms with Gasteiger partial charge in [-0.3, -0.25) is 4.79 Å². The summed E-state index contributed by atoms with van der Waals surface area (Å²) in [6.07, 6.45) is 2.56. The summed E-state index contributed by atoms with van der Waals surface area (Å²) in [6, 6.07) is 3.73. The fourth-order valence-electron chi connectivity index (χ4n) is 1.59. The molecule has 0 aromatic carbocycles. The number of carbonyl (C=O) groups is 1. The lowest BCUT2D eigenvalue weighted by Gasteiger charge is -2.06. The van der Waals surface area contributed by atoms with E-state index in [1.165, 1.54) is 0 Å². The maximum atomic E-state index is 11.8. The molecule has 6 heteroatoms. The minimum absolute atomic E-state index is 0.105. The highest BCUT2D eigenvalue weighted by Gasteiger charge is 2.09. The van der Waals surface area contributed by atoms with Gasteiger partial charge in [-0.15, -0.1) is 0 Å². The highest BCUT2D eigenvalue weighted by molar-refractivity contribution is 9.10. The summed E-state index contributed by atoms with van der Waals surface area (Å²) in [5.41, 5.74) is 1.85. The van der Waals surface area contributed by atoms with Crippen LogP contribution in [0.2, 0.25) is 0 Å². The quantitative estimate of drug-likeness (QED) is 0.939. The average molecular weight is 324 g/mol. The molecule has 2 aromatic heterocycles. The number of nitrogens with one attached hydrogen (secondary N) is 1. The molecule has 0 atom stereocenters. The fourth-order valence-corrected chi connectivity index (χ4v) is 2.15. The van der Waals surface area contributed by atoms with Crippen LogP contribution in [0.1, 0.15) is 23.4 Å². The third kappa shape index (κ3) is 3.89. The van der Waals surface area contributed by atoms with E-state index in [0.29, 0.717) is 24.4 Å². The predicted octanol–water partition coefficient (Wildman–Crippen LogP) is 3.02. The molecule has 5 nitrogen and oxygen atoms in total. The van der Waals surface area contributed by atoms with Gasteiger partial charge in [0.15, 0.2) is 0 Å². The number of aromatic nitrogens is 2. The first-order chi connectivity index (χ1) is 9.04. The van der Waals surface area contributed by atoms with Crippen LogP contribution < -0.4 is 5.32 Å². The van der Waals surface area contributed by atoms with Crippen LogP contribution in [0.3, 0.4) is 0 Å². The van der Waals surface area contributed by atoms with Crippen LogP contribution >= 0.6 is 15.9 Å². The Morgan fingerprint density at radius 2 is 2.21 bits per heavy atom. The first-order valence-electron chi connectivity index (χ1n) is 5.89. The van der Waals surface area contributed by atoms with Gasteiger partial charge in [-0.05, 0) is 41.4 Å². The van der Waals surface area contributed by atoms with Crippen molar-refractivity contribution >= 4 is 27.7 Å². The minimum atomic E-state index is -0.105. The molecule has 100 valence electrons. The second-order valence-electron chi connectivity index (χ2n) is 4.33. The molecule has 0 fully saturated rings. The minimum Gasteiger partial charge on any atom is -0.361 e. The van der Waals surface area contributed by atoms with Gasteiger partial charge in [0.1, 0.15) is 11.6 Å². The predicted molar refractivity (Wildman–Crippen MR) is 74.9 cm³/mol. The van der Waals surface area contributed by atoms with Crippen LogP contribution in [0.4, 0.5) is 5.82 Å². The summed E-state index contributed by atoms with van der Waals surface area (Å²) >= 11 is 3.37. The Hall–Kier alpha value is -1.69.